The second kappa shape index (κ2) is 29.3. The van der Waals surface area contributed by atoms with Gasteiger partial charge in [0.15, 0.2) is 11.6 Å². The van der Waals surface area contributed by atoms with Crippen molar-refractivity contribution in [3.05, 3.63) is 35.9 Å². The van der Waals surface area contributed by atoms with Crippen molar-refractivity contribution >= 4 is 58.8 Å². The third-order valence-corrected chi connectivity index (χ3v) is 15.1. The van der Waals surface area contributed by atoms with Gasteiger partial charge >= 0.3 is 0 Å². The number of carbonyl (C=O) groups is 10. The Morgan fingerprint density at radius 2 is 1.17 bits per heavy atom. The van der Waals surface area contributed by atoms with Crippen LogP contribution in [0.2, 0.25) is 0 Å². The van der Waals surface area contributed by atoms with Crippen LogP contribution in [0.1, 0.15) is 126 Å². The van der Waals surface area contributed by atoms with Crippen molar-refractivity contribution in [2.24, 2.45) is 23.7 Å². The number of piperidine rings is 1. The SMILES string of the molecule is CC(C)C[C@H]1C(=O)N[C@@H](COC(C)(C)C)C(=O)C[C@H](C(=O)N2CCCCC2)CC(=O)N(C)[C@@H](C)C(=O)N(C)[C@@H](C)C(=O)N(C)[C@@H](Cc2ccccc2)C(=O)N(C)[C@@H](CC(C)C)C(=O)C[C@@H](C(C)O)C(=O)N(C)CC(=O)N1C. The van der Waals surface area contributed by atoms with Crippen LogP contribution < -0.4 is 5.32 Å². The van der Waals surface area contributed by atoms with E-state index in [4.69, 9.17) is 4.74 Å². The first-order valence-corrected chi connectivity index (χ1v) is 27.4. The number of benzene rings is 1. The summed E-state index contributed by atoms with van der Waals surface area (Å²) >= 11 is 0. The predicted molar refractivity (Wildman–Crippen MR) is 291 cm³/mol. The first kappa shape index (κ1) is 65.5. The summed E-state index contributed by atoms with van der Waals surface area (Å²) in [6.45, 7) is 17.1. The summed E-state index contributed by atoms with van der Waals surface area (Å²) in [5, 5.41) is 13.9. The molecule has 0 radical (unpaired) electrons. The molecular weight excluding hydrogens is 989 g/mol. The van der Waals surface area contributed by atoms with Crippen molar-refractivity contribution in [1.82, 2.24) is 39.6 Å². The summed E-state index contributed by atoms with van der Waals surface area (Å²) in [5.41, 5.74) is -0.0772. The van der Waals surface area contributed by atoms with Gasteiger partial charge in [-0.1, -0.05) is 58.0 Å². The minimum Gasteiger partial charge on any atom is -0.393 e. The Balaban J connectivity index is 2.25. The van der Waals surface area contributed by atoms with E-state index in [0.717, 1.165) is 24.2 Å². The topological polar surface area (TPSA) is 235 Å². The van der Waals surface area contributed by atoms with Crippen molar-refractivity contribution < 1.29 is 57.8 Å². The third kappa shape index (κ3) is 18.7. The fourth-order valence-corrected chi connectivity index (χ4v) is 9.78. The fourth-order valence-electron chi connectivity index (χ4n) is 9.78. The van der Waals surface area contributed by atoms with Gasteiger partial charge < -0.3 is 49.5 Å². The normalized spacial score (nSPS) is 26.4. The minimum atomic E-state index is -1.38. The molecule has 3 rings (SSSR count). The molecule has 9 atom stereocenters. The molecule has 0 saturated carbocycles. The zero-order valence-electron chi connectivity index (χ0n) is 49.0. The highest BCUT2D eigenvalue weighted by Gasteiger charge is 2.42. The molecule has 0 spiro atoms. The summed E-state index contributed by atoms with van der Waals surface area (Å²) < 4.78 is 6.06. The molecule has 2 aliphatic heterocycles. The highest BCUT2D eigenvalue weighted by molar-refractivity contribution is 5.99. The Kier molecular flexibility index (Phi) is 24.9. The monoisotopic (exact) mass is 1080 g/mol. The van der Waals surface area contributed by atoms with E-state index in [0.29, 0.717) is 18.7 Å². The Labute approximate surface area is 457 Å². The minimum absolute atomic E-state index is 0.0266. The predicted octanol–water partition coefficient (Wildman–Crippen LogP) is 3.20. The summed E-state index contributed by atoms with van der Waals surface area (Å²) in [4.78, 5) is 154. The van der Waals surface area contributed by atoms with Crippen LogP contribution in [-0.2, 0) is 59.1 Å². The lowest BCUT2D eigenvalue weighted by molar-refractivity contribution is -0.153. The third-order valence-electron chi connectivity index (χ3n) is 15.1. The molecular formula is C57H92N8O12. The van der Waals surface area contributed by atoms with E-state index in [-0.39, 0.29) is 37.7 Å². The zero-order chi connectivity index (χ0) is 58.4. The number of ether oxygens (including phenoxy) is 1. The number of rotatable bonds is 10. The highest BCUT2D eigenvalue weighted by Crippen LogP contribution is 2.25. The zero-order valence-corrected chi connectivity index (χ0v) is 49.0. The van der Waals surface area contributed by atoms with Gasteiger partial charge in [-0.2, -0.15) is 0 Å². The summed E-state index contributed by atoms with van der Waals surface area (Å²) in [6, 6.07) is 1.82. The molecule has 20 nitrogen and oxygen atoms in total. The number of amides is 8. The second-order valence-electron chi connectivity index (χ2n) is 23.4. The Bertz CT molecular complexity index is 2230. The van der Waals surface area contributed by atoms with Gasteiger partial charge in [0.1, 0.15) is 30.2 Å². The lowest BCUT2D eigenvalue weighted by atomic mass is 9.89. The number of ketones is 2. The van der Waals surface area contributed by atoms with Crippen LogP contribution in [0.25, 0.3) is 0 Å². The molecule has 2 saturated heterocycles. The van der Waals surface area contributed by atoms with Crippen LogP contribution in [0, 0.1) is 23.7 Å². The number of Topliss-reactive ketones (excluding diaryl/α,β-unsaturated/α-hetero) is 2. The van der Waals surface area contributed by atoms with Crippen molar-refractivity contribution in [3.8, 4) is 0 Å². The number of likely N-dealkylation sites (tertiary alicyclic amines) is 1. The standard InChI is InChI=1S/C57H92N8O12/c1-35(2)27-44-48(68)32-42(39(7)66)55(75)59(11)33-50(70)62(14)45(28-36(3)4)51(71)58-43(34-77-57(8,9)10)47(67)30-41(54(74)65-25-21-18-22-26-65)31-49(69)60(12)37(5)52(72)61(13)38(6)53(73)64(16)46(56(76)63(44)15)29-40-23-19-17-20-24-40/h17,19-20,23-24,35-39,41-46,66H,18,21-22,25-34H2,1-16H3,(H,58,71)/t37-,38-,39?,41-,42-,43-,44-,45-,46-/m0/s1. The molecule has 1 aromatic rings. The molecule has 1 aromatic carbocycles. The van der Waals surface area contributed by atoms with Gasteiger partial charge in [-0.05, 0) is 91.0 Å². The van der Waals surface area contributed by atoms with E-state index in [1.807, 2.05) is 33.8 Å². The Morgan fingerprint density at radius 3 is 1.71 bits per heavy atom. The van der Waals surface area contributed by atoms with E-state index < -0.39 is 144 Å². The second-order valence-corrected chi connectivity index (χ2v) is 23.4. The molecule has 1 unspecified atom stereocenters. The number of nitrogens with one attached hydrogen (secondary N) is 1. The molecule has 77 heavy (non-hydrogen) atoms. The number of hydrogen-bond donors (Lipinski definition) is 2. The van der Waals surface area contributed by atoms with Gasteiger partial charge in [0, 0.05) is 81.1 Å². The summed E-state index contributed by atoms with van der Waals surface area (Å²) in [7, 11) is 8.48. The van der Waals surface area contributed by atoms with Crippen molar-refractivity contribution in [1.29, 1.82) is 0 Å². The first-order chi connectivity index (χ1) is 35.8. The maximum absolute atomic E-state index is 14.9. The van der Waals surface area contributed by atoms with Crippen LogP contribution in [0.5, 0.6) is 0 Å². The number of aliphatic hydroxyl groups is 1. The molecule has 20 heteroatoms. The van der Waals surface area contributed by atoms with Gasteiger partial charge in [-0.25, -0.2) is 0 Å². The van der Waals surface area contributed by atoms with Gasteiger partial charge in [0.05, 0.1) is 42.7 Å². The largest absolute Gasteiger partial charge is 0.393 e. The molecule has 432 valence electrons. The molecule has 2 N–H and O–H groups in total. The molecule has 8 amide bonds. The number of carbonyl (C=O) groups excluding carboxylic acids is 10. The van der Waals surface area contributed by atoms with Crippen LogP contribution in [0.15, 0.2) is 30.3 Å². The van der Waals surface area contributed by atoms with E-state index >= 15 is 0 Å². The van der Waals surface area contributed by atoms with Crippen LogP contribution in [0.4, 0.5) is 0 Å². The first-order valence-electron chi connectivity index (χ1n) is 27.4. The van der Waals surface area contributed by atoms with Crippen molar-refractivity contribution in [3.63, 3.8) is 0 Å². The van der Waals surface area contributed by atoms with Crippen LogP contribution in [0.3, 0.4) is 0 Å². The number of nitrogens with zero attached hydrogens (tertiary/aromatic N) is 7. The van der Waals surface area contributed by atoms with Crippen LogP contribution >= 0.6 is 0 Å². The number of aliphatic hydroxyl groups excluding tert-OH is 1. The quantitative estimate of drug-likeness (QED) is 0.344. The molecule has 2 heterocycles. The van der Waals surface area contributed by atoms with E-state index in [1.54, 1.807) is 49.9 Å². The number of likely N-dealkylation sites (N-methyl/N-ethyl adjacent to an activating group) is 6. The summed E-state index contributed by atoms with van der Waals surface area (Å²) in [5.74, 6) is -8.96. The molecule has 0 aliphatic carbocycles. The maximum Gasteiger partial charge on any atom is 0.246 e. The van der Waals surface area contributed by atoms with Gasteiger partial charge in [0.25, 0.3) is 0 Å². The van der Waals surface area contributed by atoms with Crippen LogP contribution in [-0.4, -0.2) is 215 Å². The highest BCUT2D eigenvalue weighted by atomic mass is 16.5. The molecule has 2 fully saturated rings. The lowest BCUT2D eigenvalue weighted by Gasteiger charge is -2.38. The van der Waals surface area contributed by atoms with E-state index in [9.17, 15) is 53.1 Å². The average Bonchev–Trinajstić information content (AvgIpc) is 3.38. The molecule has 0 aromatic heterocycles. The Morgan fingerprint density at radius 1 is 0.636 bits per heavy atom. The smallest absolute Gasteiger partial charge is 0.246 e. The molecule has 2 aliphatic rings. The average molecular weight is 1080 g/mol. The fraction of sp³-hybridized carbons (Fsp3) is 0.719. The van der Waals surface area contributed by atoms with Crippen molar-refractivity contribution in [2.45, 2.75) is 175 Å². The van der Waals surface area contributed by atoms with Gasteiger partial charge in [-0.15, -0.1) is 0 Å². The molecule has 0 bridgehead atoms. The lowest BCUT2D eigenvalue weighted by Crippen LogP contribution is -2.58. The van der Waals surface area contributed by atoms with Gasteiger partial charge in [-0.3, -0.25) is 47.9 Å². The number of hydrogen-bond acceptors (Lipinski definition) is 12. The van der Waals surface area contributed by atoms with E-state index in [2.05, 4.69) is 5.32 Å². The Hall–Kier alpha value is -5.76. The summed E-state index contributed by atoms with van der Waals surface area (Å²) in [6.07, 6.45) is -0.143. The van der Waals surface area contributed by atoms with E-state index in [1.165, 1.54) is 87.6 Å². The van der Waals surface area contributed by atoms with Crippen molar-refractivity contribution in [2.75, 3.05) is 68.5 Å². The maximum atomic E-state index is 14.9. The van der Waals surface area contributed by atoms with Gasteiger partial charge in [0.2, 0.25) is 47.3 Å².